The van der Waals surface area contributed by atoms with Gasteiger partial charge in [0.25, 0.3) is 0 Å². The fraction of sp³-hybridized carbons (Fsp3) is 0.0526. The summed E-state index contributed by atoms with van der Waals surface area (Å²) in [6, 6.07) is 68.0. The summed E-state index contributed by atoms with van der Waals surface area (Å²) in [5.74, 6) is 0. The fourth-order valence-corrected chi connectivity index (χ4v) is 11.5. The number of rotatable bonds is 5. The summed E-state index contributed by atoms with van der Waals surface area (Å²) in [5, 5.41) is 6.82. The zero-order valence-electron chi connectivity index (χ0n) is 33.6. The third kappa shape index (κ3) is 4.97. The first-order valence-corrected chi connectivity index (χ1v) is 21.7. The maximum absolute atomic E-state index is 6.96. The Balaban J connectivity index is 1.05. The molecule has 0 atom stereocenters. The minimum atomic E-state index is -0.138. The second-order valence-electron chi connectivity index (χ2n) is 16.8. The Kier molecular flexibility index (Phi) is 7.23. The molecule has 0 saturated carbocycles. The zero-order valence-corrected chi connectivity index (χ0v) is 34.4. The van der Waals surface area contributed by atoms with Gasteiger partial charge in [0, 0.05) is 59.4 Å². The van der Waals surface area contributed by atoms with Crippen LogP contribution in [0.2, 0.25) is 0 Å². The van der Waals surface area contributed by atoms with Crippen molar-refractivity contribution in [2.75, 3.05) is 4.90 Å². The number of benzene rings is 9. The van der Waals surface area contributed by atoms with E-state index in [4.69, 9.17) is 8.83 Å². The highest BCUT2D eigenvalue weighted by atomic mass is 32.1. The highest BCUT2D eigenvalue weighted by Crippen LogP contribution is 2.53. The first-order valence-electron chi connectivity index (χ1n) is 20.9. The van der Waals surface area contributed by atoms with E-state index in [1.165, 1.54) is 42.4 Å². The van der Waals surface area contributed by atoms with Crippen LogP contribution in [-0.2, 0) is 5.41 Å². The van der Waals surface area contributed by atoms with Crippen molar-refractivity contribution >= 4 is 92.4 Å². The Labute approximate surface area is 356 Å². The van der Waals surface area contributed by atoms with Gasteiger partial charge in [-0.3, -0.25) is 0 Å². The van der Waals surface area contributed by atoms with Gasteiger partial charge in [0.05, 0.1) is 10.4 Å². The number of furan rings is 2. The number of anilines is 3. The molecule has 12 aromatic rings. The Hall–Kier alpha value is -7.40. The van der Waals surface area contributed by atoms with E-state index >= 15 is 0 Å². The average molecular weight is 800 g/mol. The van der Waals surface area contributed by atoms with Gasteiger partial charge >= 0.3 is 0 Å². The Morgan fingerprint density at radius 1 is 0.443 bits per heavy atom. The molecular weight excluding hydrogens is 763 g/mol. The number of hydrogen-bond donors (Lipinski definition) is 0. The normalized spacial score (nSPS) is 13.2. The maximum atomic E-state index is 6.96. The quantitative estimate of drug-likeness (QED) is 0.174. The molecule has 288 valence electrons. The van der Waals surface area contributed by atoms with E-state index in [0.29, 0.717) is 0 Å². The standard InChI is InChI=1S/C57H37NO2S/c1-57(2)45-24-9-6-19-39(45)40-30-29-37(32-46(40)57)58(47-25-13-23-42-41-20-8-11-28-51(41)61-56(42)47)36-18-12-17-35(31-36)38-22-14-27-49-53(38)44-33-50-54(43-21-7-10-26-48(43)59-50)52(55(44)60-49)34-15-4-3-5-16-34/h3-33H,1-2H3. The van der Waals surface area contributed by atoms with Crippen LogP contribution in [0.1, 0.15) is 25.0 Å². The molecule has 0 saturated heterocycles. The molecule has 1 aliphatic carbocycles. The van der Waals surface area contributed by atoms with E-state index in [0.717, 1.165) is 83.2 Å². The summed E-state index contributed by atoms with van der Waals surface area (Å²) in [6.45, 7) is 4.72. The third-order valence-electron chi connectivity index (χ3n) is 13.1. The number of para-hydroxylation sites is 1. The summed E-state index contributed by atoms with van der Waals surface area (Å²) in [6.07, 6.45) is 0. The summed E-state index contributed by atoms with van der Waals surface area (Å²) in [5.41, 5.74) is 16.4. The molecule has 1 aliphatic rings. The monoisotopic (exact) mass is 799 g/mol. The maximum Gasteiger partial charge on any atom is 0.144 e. The number of nitrogens with zero attached hydrogens (tertiary/aromatic N) is 1. The van der Waals surface area contributed by atoms with Gasteiger partial charge < -0.3 is 13.7 Å². The van der Waals surface area contributed by atoms with Crippen LogP contribution in [0.5, 0.6) is 0 Å². The lowest BCUT2D eigenvalue weighted by molar-refractivity contribution is 0.660. The largest absolute Gasteiger partial charge is 0.456 e. The molecule has 61 heavy (non-hydrogen) atoms. The Morgan fingerprint density at radius 2 is 1.13 bits per heavy atom. The van der Waals surface area contributed by atoms with Crippen LogP contribution in [0.4, 0.5) is 17.1 Å². The lowest BCUT2D eigenvalue weighted by atomic mass is 9.82. The van der Waals surface area contributed by atoms with Crippen molar-refractivity contribution < 1.29 is 8.83 Å². The number of thiophene rings is 1. The minimum Gasteiger partial charge on any atom is -0.456 e. The predicted octanol–water partition coefficient (Wildman–Crippen LogP) is 17.0. The smallest absolute Gasteiger partial charge is 0.144 e. The average Bonchev–Trinajstić information content (AvgIpc) is 4.05. The molecule has 0 spiro atoms. The van der Waals surface area contributed by atoms with Gasteiger partial charge in [0.1, 0.15) is 22.3 Å². The molecule has 0 radical (unpaired) electrons. The van der Waals surface area contributed by atoms with Crippen LogP contribution < -0.4 is 4.90 Å². The Morgan fingerprint density at radius 3 is 2.05 bits per heavy atom. The molecule has 0 unspecified atom stereocenters. The molecule has 0 fully saturated rings. The van der Waals surface area contributed by atoms with E-state index < -0.39 is 0 Å². The van der Waals surface area contributed by atoms with Crippen molar-refractivity contribution in [1.29, 1.82) is 0 Å². The van der Waals surface area contributed by atoms with Crippen LogP contribution in [-0.4, -0.2) is 0 Å². The van der Waals surface area contributed by atoms with Crippen molar-refractivity contribution in [3.8, 4) is 33.4 Å². The van der Waals surface area contributed by atoms with Crippen LogP contribution in [0.15, 0.2) is 197 Å². The molecule has 0 bridgehead atoms. The van der Waals surface area contributed by atoms with E-state index in [1.54, 1.807) is 0 Å². The van der Waals surface area contributed by atoms with Crippen LogP contribution in [0, 0.1) is 0 Å². The van der Waals surface area contributed by atoms with Crippen LogP contribution >= 0.6 is 11.3 Å². The molecule has 0 aliphatic heterocycles. The Bertz CT molecular complexity index is 3750. The summed E-state index contributed by atoms with van der Waals surface area (Å²) in [7, 11) is 0. The molecule has 13 rings (SSSR count). The van der Waals surface area contributed by atoms with Crippen molar-refractivity contribution in [3.63, 3.8) is 0 Å². The second-order valence-corrected chi connectivity index (χ2v) is 17.8. The molecule has 4 heteroatoms. The number of fused-ring (bicyclic) bond motifs is 12. The van der Waals surface area contributed by atoms with Crippen molar-refractivity contribution in [2.45, 2.75) is 19.3 Å². The van der Waals surface area contributed by atoms with Crippen molar-refractivity contribution in [3.05, 3.63) is 199 Å². The van der Waals surface area contributed by atoms with Gasteiger partial charge in [0.2, 0.25) is 0 Å². The lowest BCUT2D eigenvalue weighted by Crippen LogP contribution is -2.16. The van der Waals surface area contributed by atoms with Gasteiger partial charge in [-0.25, -0.2) is 0 Å². The van der Waals surface area contributed by atoms with Crippen molar-refractivity contribution in [2.24, 2.45) is 0 Å². The number of hydrogen-bond acceptors (Lipinski definition) is 4. The minimum absolute atomic E-state index is 0.138. The van der Waals surface area contributed by atoms with Crippen molar-refractivity contribution in [1.82, 2.24) is 0 Å². The van der Waals surface area contributed by atoms with Gasteiger partial charge in [-0.05, 0) is 93.5 Å². The van der Waals surface area contributed by atoms with E-state index in [9.17, 15) is 0 Å². The highest BCUT2D eigenvalue weighted by Gasteiger charge is 2.36. The molecular formula is C57H37NO2S. The van der Waals surface area contributed by atoms with Gasteiger partial charge in [-0.2, -0.15) is 0 Å². The zero-order chi connectivity index (χ0) is 40.4. The summed E-state index contributed by atoms with van der Waals surface area (Å²) >= 11 is 1.86. The van der Waals surface area contributed by atoms with Gasteiger partial charge in [-0.15, -0.1) is 11.3 Å². The van der Waals surface area contributed by atoms with Gasteiger partial charge in [-0.1, -0.05) is 147 Å². The summed E-state index contributed by atoms with van der Waals surface area (Å²) < 4.78 is 16.1. The van der Waals surface area contributed by atoms with Crippen LogP contribution in [0.3, 0.4) is 0 Å². The predicted molar refractivity (Wildman–Crippen MR) is 257 cm³/mol. The molecule has 3 nitrogen and oxygen atoms in total. The first-order chi connectivity index (χ1) is 30.0. The van der Waals surface area contributed by atoms with Crippen LogP contribution in [0.25, 0.3) is 97.4 Å². The topological polar surface area (TPSA) is 29.5 Å². The second kappa shape index (κ2) is 12.8. The third-order valence-corrected chi connectivity index (χ3v) is 14.3. The van der Waals surface area contributed by atoms with E-state index in [2.05, 4.69) is 195 Å². The van der Waals surface area contributed by atoms with E-state index in [1.807, 2.05) is 23.5 Å². The summed E-state index contributed by atoms with van der Waals surface area (Å²) in [4.78, 5) is 2.47. The highest BCUT2D eigenvalue weighted by molar-refractivity contribution is 7.26. The molecule has 0 amide bonds. The van der Waals surface area contributed by atoms with E-state index in [-0.39, 0.29) is 5.41 Å². The molecule has 3 aromatic heterocycles. The molecule has 9 aromatic carbocycles. The van der Waals surface area contributed by atoms with Gasteiger partial charge in [0.15, 0.2) is 0 Å². The lowest BCUT2D eigenvalue weighted by Gasteiger charge is -2.29. The fourth-order valence-electron chi connectivity index (χ4n) is 10.3. The molecule has 3 heterocycles. The molecule has 0 N–H and O–H groups in total. The first kappa shape index (κ1) is 34.5. The SMILES string of the molecule is CC1(C)c2ccccc2-c2ccc(N(c3cccc(-c4cccc5oc6c(-c7ccccc7)c7c(cc6c45)oc4ccccc47)c3)c3cccc4c3sc3ccccc34)cc21.